The van der Waals surface area contributed by atoms with Gasteiger partial charge in [0.1, 0.15) is 11.8 Å². The van der Waals surface area contributed by atoms with Crippen LogP contribution in [0.3, 0.4) is 0 Å². The molecule has 0 aliphatic rings. The number of aromatic nitrogens is 4. The van der Waals surface area contributed by atoms with Gasteiger partial charge in [-0.1, -0.05) is 18.2 Å². The number of H-pyrrole nitrogens is 1. The van der Waals surface area contributed by atoms with Crippen LogP contribution in [0, 0.1) is 3.57 Å². The first-order valence-electron chi connectivity index (χ1n) is 5.46. The third-order valence-corrected chi connectivity index (χ3v) is 3.67. The van der Waals surface area contributed by atoms with E-state index in [0.717, 1.165) is 23.5 Å². The van der Waals surface area contributed by atoms with Gasteiger partial charge in [-0.15, -0.1) is 0 Å². The van der Waals surface area contributed by atoms with Crippen LogP contribution in [-0.2, 0) is 6.54 Å². The zero-order chi connectivity index (χ0) is 12.4. The Morgan fingerprint density at radius 1 is 1.17 bits per heavy atom. The third kappa shape index (κ3) is 2.15. The zero-order valence-corrected chi connectivity index (χ0v) is 11.5. The van der Waals surface area contributed by atoms with Crippen LogP contribution >= 0.6 is 22.6 Å². The van der Waals surface area contributed by atoms with Gasteiger partial charge in [0.2, 0.25) is 0 Å². The molecular weight excluding hydrogens is 341 g/mol. The monoisotopic (exact) mass is 351 g/mol. The summed E-state index contributed by atoms with van der Waals surface area (Å²) in [6.07, 6.45) is 3.15. The van der Waals surface area contributed by atoms with E-state index in [0.29, 0.717) is 0 Å². The van der Waals surface area contributed by atoms with Gasteiger partial charge in [-0.3, -0.25) is 0 Å². The van der Waals surface area contributed by atoms with Crippen molar-refractivity contribution in [3.8, 4) is 0 Å². The number of hydrogen-bond donors (Lipinski definition) is 2. The highest BCUT2D eigenvalue weighted by Gasteiger charge is 2.06. The topological polar surface area (TPSA) is 66.5 Å². The Balaban J connectivity index is 1.85. The molecule has 2 N–H and O–H groups in total. The lowest BCUT2D eigenvalue weighted by molar-refractivity contribution is 1.09. The second-order valence-corrected chi connectivity index (χ2v) is 4.93. The Bertz CT molecular complexity index is 679. The van der Waals surface area contributed by atoms with Crippen molar-refractivity contribution in [3.63, 3.8) is 0 Å². The molecule has 18 heavy (non-hydrogen) atoms. The van der Waals surface area contributed by atoms with Crippen molar-refractivity contribution in [1.29, 1.82) is 0 Å². The van der Waals surface area contributed by atoms with Gasteiger partial charge in [0, 0.05) is 10.1 Å². The molecular formula is C12H10IN5. The van der Waals surface area contributed by atoms with Crippen molar-refractivity contribution in [2.75, 3.05) is 5.32 Å². The molecule has 0 atom stereocenters. The van der Waals surface area contributed by atoms with Gasteiger partial charge < -0.3 is 10.3 Å². The summed E-state index contributed by atoms with van der Waals surface area (Å²) in [5.74, 6) is 0.751. The first-order chi connectivity index (χ1) is 8.84. The molecule has 3 aromatic rings. The highest BCUT2D eigenvalue weighted by atomic mass is 127. The number of rotatable bonds is 3. The van der Waals surface area contributed by atoms with Crippen LogP contribution in [0.1, 0.15) is 5.56 Å². The smallest absolute Gasteiger partial charge is 0.162 e. The van der Waals surface area contributed by atoms with Crippen LogP contribution in [0.5, 0.6) is 0 Å². The zero-order valence-electron chi connectivity index (χ0n) is 9.39. The summed E-state index contributed by atoms with van der Waals surface area (Å²) in [6.45, 7) is 0.720. The van der Waals surface area contributed by atoms with Crippen molar-refractivity contribution in [2.24, 2.45) is 0 Å². The minimum absolute atomic E-state index is 0.720. The largest absolute Gasteiger partial charge is 0.364 e. The van der Waals surface area contributed by atoms with Crippen LogP contribution in [-0.4, -0.2) is 19.9 Å². The summed E-state index contributed by atoms with van der Waals surface area (Å²) in [7, 11) is 0. The van der Waals surface area contributed by atoms with Gasteiger partial charge in [-0.2, -0.15) is 0 Å². The lowest BCUT2D eigenvalue weighted by atomic mass is 10.2. The Morgan fingerprint density at radius 2 is 2.06 bits per heavy atom. The molecule has 0 amide bonds. The highest BCUT2D eigenvalue weighted by molar-refractivity contribution is 14.1. The molecule has 0 aliphatic carbocycles. The normalized spacial score (nSPS) is 10.7. The molecule has 0 saturated heterocycles. The van der Waals surface area contributed by atoms with E-state index in [4.69, 9.17) is 0 Å². The van der Waals surface area contributed by atoms with Gasteiger partial charge in [0.15, 0.2) is 11.5 Å². The van der Waals surface area contributed by atoms with Crippen LogP contribution < -0.4 is 5.32 Å². The SMILES string of the molecule is Ic1ccccc1CNc1ncnc2[nH]cnc12. The fourth-order valence-electron chi connectivity index (χ4n) is 1.71. The minimum atomic E-state index is 0.720. The summed E-state index contributed by atoms with van der Waals surface area (Å²) in [5, 5.41) is 3.29. The van der Waals surface area contributed by atoms with Crippen LogP contribution in [0.4, 0.5) is 5.82 Å². The Kier molecular flexibility index (Phi) is 3.09. The fraction of sp³-hybridized carbons (Fsp3) is 0.0833. The minimum Gasteiger partial charge on any atom is -0.364 e. The van der Waals surface area contributed by atoms with Crippen LogP contribution in [0.2, 0.25) is 0 Å². The van der Waals surface area contributed by atoms with Gasteiger partial charge in [0.05, 0.1) is 6.33 Å². The number of nitrogens with one attached hydrogen (secondary N) is 2. The van der Waals surface area contributed by atoms with E-state index in [1.54, 1.807) is 6.33 Å². The van der Waals surface area contributed by atoms with Crippen molar-refractivity contribution >= 4 is 39.6 Å². The second kappa shape index (κ2) is 4.89. The molecule has 90 valence electrons. The van der Waals surface area contributed by atoms with Crippen LogP contribution in [0.25, 0.3) is 11.2 Å². The van der Waals surface area contributed by atoms with E-state index in [1.807, 2.05) is 12.1 Å². The molecule has 6 heteroatoms. The lowest BCUT2D eigenvalue weighted by Crippen LogP contribution is -2.03. The summed E-state index contributed by atoms with van der Waals surface area (Å²) in [4.78, 5) is 15.5. The fourth-order valence-corrected chi connectivity index (χ4v) is 2.29. The van der Waals surface area contributed by atoms with Gasteiger partial charge in [-0.05, 0) is 34.2 Å². The molecule has 0 radical (unpaired) electrons. The van der Waals surface area contributed by atoms with E-state index in [1.165, 1.54) is 15.5 Å². The van der Waals surface area contributed by atoms with Crippen molar-refractivity contribution in [1.82, 2.24) is 19.9 Å². The lowest BCUT2D eigenvalue weighted by Gasteiger charge is -2.07. The van der Waals surface area contributed by atoms with E-state index in [2.05, 4.69) is 60.0 Å². The van der Waals surface area contributed by atoms with Crippen molar-refractivity contribution in [3.05, 3.63) is 46.1 Å². The number of benzene rings is 1. The molecule has 0 bridgehead atoms. The molecule has 5 nitrogen and oxygen atoms in total. The molecule has 0 aliphatic heterocycles. The second-order valence-electron chi connectivity index (χ2n) is 3.77. The third-order valence-electron chi connectivity index (χ3n) is 2.62. The predicted molar refractivity (Wildman–Crippen MR) is 78.2 cm³/mol. The molecule has 0 spiro atoms. The summed E-state index contributed by atoms with van der Waals surface area (Å²) >= 11 is 2.33. The van der Waals surface area contributed by atoms with E-state index >= 15 is 0 Å². The number of aromatic amines is 1. The maximum atomic E-state index is 4.22. The molecule has 0 saturated carbocycles. The average molecular weight is 351 g/mol. The summed E-state index contributed by atoms with van der Waals surface area (Å²) in [5.41, 5.74) is 2.75. The van der Waals surface area contributed by atoms with Crippen molar-refractivity contribution in [2.45, 2.75) is 6.54 Å². The first-order valence-corrected chi connectivity index (χ1v) is 6.54. The Morgan fingerprint density at radius 3 is 2.94 bits per heavy atom. The van der Waals surface area contributed by atoms with E-state index in [9.17, 15) is 0 Å². The average Bonchev–Trinajstić information content (AvgIpc) is 2.86. The number of hydrogen-bond acceptors (Lipinski definition) is 4. The maximum Gasteiger partial charge on any atom is 0.162 e. The van der Waals surface area contributed by atoms with Crippen molar-refractivity contribution < 1.29 is 0 Å². The number of nitrogens with zero attached hydrogens (tertiary/aromatic N) is 3. The molecule has 2 heterocycles. The molecule has 0 unspecified atom stereocenters. The van der Waals surface area contributed by atoms with Gasteiger partial charge in [0.25, 0.3) is 0 Å². The van der Waals surface area contributed by atoms with Gasteiger partial charge >= 0.3 is 0 Å². The van der Waals surface area contributed by atoms with Crippen LogP contribution in [0.15, 0.2) is 36.9 Å². The predicted octanol–water partition coefficient (Wildman–Crippen LogP) is 2.57. The number of imidazole rings is 1. The first kappa shape index (κ1) is 11.4. The molecule has 0 fully saturated rings. The number of anilines is 1. The summed E-state index contributed by atoms with van der Waals surface area (Å²) < 4.78 is 1.23. The maximum absolute atomic E-state index is 4.22. The summed E-state index contributed by atoms with van der Waals surface area (Å²) in [6, 6.07) is 8.24. The van der Waals surface area contributed by atoms with E-state index in [-0.39, 0.29) is 0 Å². The quantitative estimate of drug-likeness (QED) is 0.712. The number of halogens is 1. The standard InChI is InChI=1S/C12H10IN5/c13-9-4-2-1-3-8(9)5-14-11-10-12(16-6-15-10)18-7-17-11/h1-4,6-7H,5H2,(H2,14,15,16,17,18). The van der Waals surface area contributed by atoms with Gasteiger partial charge in [-0.25, -0.2) is 15.0 Å². The molecule has 3 rings (SSSR count). The Labute approximate surface area is 117 Å². The number of fused-ring (bicyclic) bond motifs is 1. The molecule has 2 aromatic heterocycles. The highest BCUT2D eigenvalue weighted by Crippen LogP contribution is 2.17. The van der Waals surface area contributed by atoms with E-state index < -0.39 is 0 Å². The molecule has 1 aromatic carbocycles. The Hall–Kier alpha value is -1.70.